The Morgan fingerprint density at radius 3 is 2.20 bits per heavy atom. The largest absolute Gasteiger partial charge is 0.481 e. The molecule has 1 aliphatic carbocycles. The Labute approximate surface area is 267 Å². The van der Waals surface area contributed by atoms with Crippen molar-refractivity contribution in [3.05, 3.63) is 136 Å². The first kappa shape index (κ1) is 28.5. The third kappa shape index (κ3) is 5.44. The van der Waals surface area contributed by atoms with Crippen LogP contribution in [0.4, 0.5) is 11.4 Å². The summed E-state index contributed by atoms with van der Waals surface area (Å²) in [7, 11) is 0. The lowest BCUT2D eigenvalue weighted by atomic mass is 9.95. The molecule has 3 aliphatic rings. The molecule has 0 radical (unpaired) electrons. The fraction of sp³-hybridized carbons (Fsp3) is 0.184. The highest BCUT2D eigenvalue weighted by Gasteiger charge is 2.42. The van der Waals surface area contributed by atoms with Crippen molar-refractivity contribution in [1.82, 2.24) is 0 Å². The minimum absolute atomic E-state index is 0.180. The molecule has 4 aromatic rings. The van der Waals surface area contributed by atoms with Gasteiger partial charge in [-0.2, -0.15) is 0 Å². The van der Waals surface area contributed by atoms with E-state index in [2.05, 4.69) is 102 Å². The first-order valence-corrected chi connectivity index (χ1v) is 16.2. The van der Waals surface area contributed by atoms with Crippen LogP contribution in [0.25, 0.3) is 17.7 Å². The number of allylic oxidation sites excluding steroid dienone is 1. The van der Waals surface area contributed by atoms with Gasteiger partial charge in [-0.1, -0.05) is 109 Å². The molecule has 4 aromatic carbocycles. The SMILES string of the molecule is O=C(O)CC1C(=O)/C(=C/c2ccc3c(c2)C2CCCC2N3c2ccc(C=C(c3ccccc3)c3ccccc3)cc2)SC1=S. The molecule has 2 aliphatic heterocycles. The average Bonchev–Trinajstić information content (AvgIpc) is 3.71. The average molecular weight is 614 g/mol. The highest BCUT2D eigenvalue weighted by molar-refractivity contribution is 8.27. The second-order valence-electron chi connectivity index (χ2n) is 11.6. The number of rotatable bonds is 7. The molecule has 44 heavy (non-hydrogen) atoms. The van der Waals surface area contributed by atoms with E-state index in [4.69, 9.17) is 12.2 Å². The molecule has 3 unspecified atom stereocenters. The fourth-order valence-corrected chi connectivity index (χ4v) is 8.33. The Morgan fingerprint density at radius 1 is 0.886 bits per heavy atom. The Morgan fingerprint density at radius 2 is 1.55 bits per heavy atom. The summed E-state index contributed by atoms with van der Waals surface area (Å²) in [4.78, 5) is 27.2. The third-order valence-electron chi connectivity index (χ3n) is 8.90. The number of benzene rings is 4. The van der Waals surface area contributed by atoms with Crippen molar-refractivity contribution in [2.75, 3.05) is 4.90 Å². The number of hydrogen-bond acceptors (Lipinski definition) is 5. The Bertz CT molecular complexity index is 1770. The third-order valence-corrected chi connectivity index (χ3v) is 10.5. The monoisotopic (exact) mass is 613 g/mol. The van der Waals surface area contributed by atoms with Crippen LogP contribution in [0.5, 0.6) is 0 Å². The lowest BCUT2D eigenvalue weighted by Gasteiger charge is -2.27. The van der Waals surface area contributed by atoms with E-state index in [1.807, 2.05) is 18.2 Å². The fourth-order valence-electron chi connectivity index (χ4n) is 6.88. The van der Waals surface area contributed by atoms with Crippen LogP contribution in [0.3, 0.4) is 0 Å². The van der Waals surface area contributed by atoms with Gasteiger partial charge in [-0.05, 0) is 82.6 Å². The summed E-state index contributed by atoms with van der Waals surface area (Å²) in [5.74, 6) is -1.47. The second-order valence-corrected chi connectivity index (χ2v) is 13.4. The molecule has 0 spiro atoms. The number of anilines is 2. The number of ketones is 1. The molecule has 2 fully saturated rings. The number of carbonyl (C=O) groups excluding carboxylic acids is 1. The number of nitrogens with zero attached hydrogens (tertiary/aromatic N) is 1. The lowest BCUT2D eigenvalue weighted by Crippen LogP contribution is -2.26. The standard InChI is InChI=1S/C38H31NO3S2/c40-36(41)23-32-37(42)35(44-38(32)43)22-25-16-19-34-31(21-25)29-12-7-13-33(29)39(34)28-17-14-24(15-18-28)20-30(26-8-3-1-4-9-26)27-10-5-2-6-11-27/h1-6,8-11,14-22,29,32-33H,7,12-13,23H2,(H,40,41)/b35-22-. The van der Waals surface area contributed by atoms with Gasteiger partial charge < -0.3 is 10.0 Å². The van der Waals surface area contributed by atoms with E-state index in [-0.39, 0.29) is 12.2 Å². The van der Waals surface area contributed by atoms with Gasteiger partial charge in [0, 0.05) is 23.3 Å². The zero-order valence-corrected chi connectivity index (χ0v) is 25.7. The zero-order chi connectivity index (χ0) is 30.2. The number of carboxylic acids is 1. The van der Waals surface area contributed by atoms with Crippen molar-refractivity contribution in [2.24, 2.45) is 5.92 Å². The Balaban J connectivity index is 1.19. The summed E-state index contributed by atoms with van der Waals surface area (Å²) in [6.45, 7) is 0. The molecule has 7 rings (SSSR count). The van der Waals surface area contributed by atoms with Crippen LogP contribution in [-0.4, -0.2) is 27.1 Å². The minimum atomic E-state index is -1.01. The van der Waals surface area contributed by atoms with Gasteiger partial charge in [0.25, 0.3) is 0 Å². The van der Waals surface area contributed by atoms with Gasteiger partial charge in [-0.15, -0.1) is 0 Å². The number of aliphatic carboxylic acids is 1. The number of carbonyl (C=O) groups is 2. The van der Waals surface area contributed by atoms with Gasteiger partial charge >= 0.3 is 5.97 Å². The van der Waals surface area contributed by atoms with Crippen LogP contribution >= 0.6 is 24.0 Å². The van der Waals surface area contributed by atoms with E-state index < -0.39 is 11.9 Å². The first-order chi connectivity index (χ1) is 21.5. The van der Waals surface area contributed by atoms with E-state index in [0.29, 0.717) is 21.1 Å². The predicted octanol–water partition coefficient (Wildman–Crippen LogP) is 9.14. The maximum atomic E-state index is 12.9. The first-order valence-electron chi connectivity index (χ1n) is 15.0. The molecule has 4 nitrogen and oxygen atoms in total. The maximum absolute atomic E-state index is 12.9. The molecule has 218 valence electrons. The van der Waals surface area contributed by atoms with Crippen LogP contribution in [0, 0.1) is 5.92 Å². The molecule has 3 atom stereocenters. The number of fused-ring (bicyclic) bond motifs is 3. The van der Waals surface area contributed by atoms with E-state index >= 15 is 0 Å². The summed E-state index contributed by atoms with van der Waals surface area (Å²) < 4.78 is 0.449. The van der Waals surface area contributed by atoms with Crippen molar-refractivity contribution < 1.29 is 14.7 Å². The Hall–Kier alpha value is -4.26. The highest BCUT2D eigenvalue weighted by Crippen LogP contribution is 2.52. The van der Waals surface area contributed by atoms with Gasteiger partial charge in [0.05, 0.1) is 21.4 Å². The van der Waals surface area contributed by atoms with E-state index in [9.17, 15) is 14.7 Å². The van der Waals surface area contributed by atoms with Crippen molar-refractivity contribution in [3.63, 3.8) is 0 Å². The number of thioether (sulfide) groups is 1. The zero-order valence-electron chi connectivity index (χ0n) is 24.1. The molecule has 1 N–H and O–H groups in total. The van der Waals surface area contributed by atoms with Gasteiger partial charge in [0.2, 0.25) is 0 Å². The molecule has 1 saturated heterocycles. The minimum Gasteiger partial charge on any atom is -0.481 e. The summed E-state index contributed by atoms with van der Waals surface area (Å²) in [6, 6.07) is 36.8. The smallest absolute Gasteiger partial charge is 0.304 e. The number of thiocarbonyl (C=S) groups is 1. The number of carboxylic acid groups (broad SMARTS) is 1. The molecule has 1 saturated carbocycles. The summed E-state index contributed by atoms with van der Waals surface area (Å²) in [5.41, 5.74) is 9.41. The molecular formula is C38H31NO3S2. The predicted molar refractivity (Wildman–Crippen MR) is 184 cm³/mol. The normalized spacial score (nSPS) is 21.4. The number of Topliss-reactive ketones (excluding diaryl/α,β-unsaturated/α-hetero) is 1. The quantitative estimate of drug-likeness (QED) is 0.127. The maximum Gasteiger partial charge on any atom is 0.304 e. The molecule has 0 bridgehead atoms. The van der Waals surface area contributed by atoms with Crippen molar-refractivity contribution in [2.45, 2.75) is 37.6 Å². The van der Waals surface area contributed by atoms with Gasteiger partial charge in [-0.3, -0.25) is 9.59 Å². The summed E-state index contributed by atoms with van der Waals surface area (Å²) in [6.07, 6.45) is 7.37. The molecule has 0 amide bonds. The van der Waals surface area contributed by atoms with Crippen LogP contribution in [0.2, 0.25) is 0 Å². The molecule has 6 heteroatoms. The Kier molecular flexibility index (Phi) is 7.79. The number of hydrogen-bond donors (Lipinski definition) is 1. The van der Waals surface area contributed by atoms with Gasteiger partial charge in [-0.25, -0.2) is 0 Å². The lowest BCUT2D eigenvalue weighted by molar-refractivity contribution is -0.139. The second kappa shape index (κ2) is 12.0. The van der Waals surface area contributed by atoms with Crippen molar-refractivity contribution in [3.8, 4) is 0 Å². The molecule has 0 aromatic heterocycles. The van der Waals surface area contributed by atoms with Crippen molar-refractivity contribution >= 4 is 69.0 Å². The van der Waals surface area contributed by atoms with E-state index in [0.717, 1.165) is 24.0 Å². The van der Waals surface area contributed by atoms with Crippen LogP contribution in [-0.2, 0) is 9.59 Å². The topological polar surface area (TPSA) is 57.6 Å². The van der Waals surface area contributed by atoms with Crippen molar-refractivity contribution in [1.29, 1.82) is 0 Å². The molecule has 2 heterocycles. The summed E-state index contributed by atoms with van der Waals surface area (Å²) >= 11 is 6.58. The summed E-state index contributed by atoms with van der Waals surface area (Å²) in [5, 5.41) is 9.20. The van der Waals surface area contributed by atoms with Crippen LogP contribution in [0.1, 0.15) is 59.4 Å². The molecular weight excluding hydrogens is 583 g/mol. The van der Waals surface area contributed by atoms with Crippen LogP contribution in [0.15, 0.2) is 108 Å². The highest BCUT2D eigenvalue weighted by atomic mass is 32.2. The van der Waals surface area contributed by atoms with E-state index in [1.54, 1.807) is 0 Å². The van der Waals surface area contributed by atoms with Crippen LogP contribution < -0.4 is 4.90 Å². The van der Waals surface area contributed by atoms with Gasteiger partial charge in [0.15, 0.2) is 5.78 Å². The van der Waals surface area contributed by atoms with Gasteiger partial charge in [0.1, 0.15) is 0 Å². The van der Waals surface area contributed by atoms with E-state index in [1.165, 1.54) is 51.8 Å².